The predicted molar refractivity (Wildman–Crippen MR) is 53.4 cm³/mol. The molecule has 0 radical (unpaired) electrons. The van der Waals surface area contributed by atoms with Gasteiger partial charge in [0.25, 0.3) is 0 Å². The minimum absolute atomic E-state index is 0.0365. The van der Waals surface area contributed by atoms with E-state index in [0.29, 0.717) is 5.56 Å². The summed E-state index contributed by atoms with van der Waals surface area (Å²) in [4.78, 5) is 0. The maximum Gasteiger partial charge on any atom is 0.166 e. The number of nitriles is 1. The minimum Gasteiger partial charge on any atom is -0.504 e. The Morgan fingerprint density at radius 1 is 1.40 bits per heavy atom. The first kappa shape index (κ1) is 11.3. The lowest BCUT2D eigenvalue weighted by atomic mass is 10.00. The third-order valence-electron chi connectivity index (χ3n) is 2.41. The van der Waals surface area contributed by atoms with Crippen LogP contribution in [0.15, 0.2) is 0 Å². The lowest BCUT2D eigenvalue weighted by Gasteiger charge is -2.14. The number of benzene rings is 1. The molecule has 0 aliphatic rings. The third kappa shape index (κ3) is 1.73. The molecular weight excluding hydrogens is 197 g/mol. The van der Waals surface area contributed by atoms with Crippen LogP contribution in [0.2, 0.25) is 0 Å². The molecule has 0 fully saturated rings. The Labute approximate surface area is 87.7 Å². The molecular formula is C11H12FNO2. The van der Waals surface area contributed by atoms with Crippen molar-refractivity contribution in [3.8, 4) is 17.6 Å². The lowest BCUT2D eigenvalue weighted by molar-refractivity contribution is 0.363. The number of ether oxygens (including phenoxy) is 1. The van der Waals surface area contributed by atoms with Gasteiger partial charge < -0.3 is 9.84 Å². The summed E-state index contributed by atoms with van der Waals surface area (Å²) in [6, 6.07) is 1.88. The molecule has 0 saturated heterocycles. The number of aromatic hydroxyl groups is 1. The fourth-order valence-electron chi connectivity index (χ4n) is 1.55. The van der Waals surface area contributed by atoms with Crippen molar-refractivity contribution in [2.24, 2.45) is 0 Å². The van der Waals surface area contributed by atoms with Gasteiger partial charge in [-0.1, -0.05) is 0 Å². The molecule has 3 nitrogen and oxygen atoms in total. The number of phenols is 1. The number of hydrogen-bond donors (Lipinski definition) is 1. The smallest absolute Gasteiger partial charge is 0.166 e. The maximum absolute atomic E-state index is 13.6. The van der Waals surface area contributed by atoms with E-state index in [-0.39, 0.29) is 29.0 Å². The van der Waals surface area contributed by atoms with E-state index in [0.717, 1.165) is 0 Å². The van der Waals surface area contributed by atoms with E-state index < -0.39 is 5.82 Å². The standard InChI is InChI=1S/C11H12FNO2/c1-6-8(4-5-13)10(14)11(15-3)7(2)9(6)12/h14H,4H2,1-3H3. The second kappa shape index (κ2) is 4.18. The Balaban J connectivity index is 3.54. The van der Waals surface area contributed by atoms with Gasteiger partial charge in [0.15, 0.2) is 11.5 Å². The summed E-state index contributed by atoms with van der Waals surface area (Å²) in [6.07, 6.45) is -0.0365. The minimum atomic E-state index is -0.435. The highest BCUT2D eigenvalue weighted by atomic mass is 19.1. The Kier molecular flexibility index (Phi) is 3.15. The van der Waals surface area contributed by atoms with Crippen molar-refractivity contribution >= 4 is 0 Å². The highest BCUT2D eigenvalue weighted by Crippen LogP contribution is 2.37. The number of halogens is 1. The fraction of sp³-hybridized carbons (Fsp3) is 0.364. The van der Waals surface area contributed by atoms with Gasteiger partial charge in [0.2, 0.25) is 0 Å². The van der Waals surface area contributed by atoms with Gasteiger partial charge in [-0.25, -0.2) is 4.39 Å². The maximum atomic E-state index is 13.6. The van der Waals surface area contributed by atoms with Crippen molar-refractivity contribution in [2.75, 3.05) is 7.11 Å². The first-order chi connectivity index (χ1) is 7.04. The Hall–Kier alpha value is -1.76. The Morgan fingerprint density at radius 3 is 2.47 bits per heavy atom. The number of phenolic OH excluding ortho intramolecular Hbond substituents is 1. The molecule has 0 unspecified atom stereocenters. The summed E-state index contributed by atoms with van der Waals surface area (Å²) < 4.78 is 18.5. The van der Waals surface area contributed by atoms with Crippen LogP contribution >= 0.6 is 0 Å². The summed E-state index contributed by atoms with van der Waals surface area (Å²) in [5.41, 5.74) is 0.846. The molecule has 0 spiro atoms. The highest BCUT2D eigenvalue weighted by molar-refractivity contribution is 5.55. The fourth-order valence-corrected chi connectivity index (χ4v) is 1.55. The molecule has 0 saturated carbocycles. The van der Waals surface area contributed by atoms with Crippen LogP contribution in [0, 0.1) is 31.0 Å². The van der Waals surface area contributed by atoms with E-state index in [1.807, 2.05) is 6.07 Å². The average Bonchev–Trinajstić information content (AvgIpc) is 2.22. The first-order valence-electron chi connectivity index (χ1n) is 4.46. The van der Waals surface area contributed by atoms with Gasteiger partial charge in [-0.2, -0.15) is 5.26 Å². The third-order valence-corrected chi connectivity index (χ3v) is 2.41. The lowest BCUT2D eigenvalue weighted by Crippen LogP contribution is -2.00. The Bertz CT molecular complexity index is 435. The second-order valence-electron chi connectivity index (χ2n) is 3.26. The van der Waals surface area contributed by atoms with E-state index in [1.54, 1.807) is 0 Å². The highest BCUT2D eigenvalue weighted by Gasteiger charge is 2.19. The largest absolute Gasteiger partial charge is 0.504 e. The van der Waals surface area contributed by atoms with E-state index in [1.165, 1.54) is 21.0 Å². The van der Waals surface area contributed by atoms with Crippen molar-refractivity contribution in [1.82, 2.24) is 0 Å². The van der Waals surface area contributed by atoms with Gasteiger partial charge in [-0.05, 0) is 19.4 Å². The van der Waals surface area contributed by atoms with Crippen LogP contribution < -0.4 is 4.74 Å². The molecule has 1 aromatic carbocycles. The van der Waals surface area contributed by atoms with Crippen LogP contribution in [0.1, 0.15) is 16.7 Å². The summed E-state index contributed by atoms with van der Waals surface area (Å²) in [7, 11) is 1.35. The molecule has 80 valence electrons. The first-order valence-corrected chi connectivity index (χ1v) is 4.46. The zero-order chi connectivity index (χ0) is 11.6. The molecule has 0 heterocycles. The Morgan fingerprint density at radius 2 is 2.00 bits per heavy atom. The summed E-state index contributed by atoms with van der Waals surface area (Å²) in [6.45, 7) is 3.06. The van der Waals surface area contributed by atoms with Crippen LogP contribution in [-0.4, -0.2) is 12.2 Å². The van der Waals surface area contributed by atoms with Crippen LogP contribution in [-0.2, 0) is 6.42 Å². The van der Waals surface area contributed by atoms with E-state index in [4.69, 9.17) is 10.00 Å². The van der Waals surface area contributed by atoms with Crippen LogP contribution in [0.4, 0.5) is 4.39 Å². The van der Waals surface area contributed by atoms with Gasteiger partial charge in [0, 0.05) is 11.1 Å². The van der Waals surface area contributed by atoms with E-state index in [2.05, 4.69) is 0 Å². The number of nitrogens with zero attached hydrogens (tertiary/aromatic N) is 1. The molecule has 15 heavy (non-hydrogen) atoms. The SMILES string of the molecule is COc1c(C)c(F)c(C)c(CC#N)c1O. The second-order valence-corrected chi connectivity index (χ2v) is 3.26. The summed E-state index contributed by atoms with van der Waals surface area (Å²) >= 11 is 0. The zero-order valence-corrected chi connectivity index (χ0v) is 8.89. The van der Waals surface area contributed by atoms with Gasteiger partial charge in [0.1, 0.15) is 5.82 Å². The quantitative estimate of drug-likeness (QED) is 0.812. The van der Waals surface area contributed by atoms with Gasteiger partial charge in [0.05, 0.1) is 19.6 Å². The normalized spacial score (nSPS) is 9.80. The van der Waals surface area contributed by atoms with Crippen molar-refractivity contribution < 1.29 is 14.2 Å². The molecule has 0 aliphatic carbocycles. The van der Waals surface area contributed by atoms with E-state index in [9.17, 15) is 9.50 Å². The van der Waals surface area contributed by atoms with Crippen LogP contribution in [0.3, 0.4) is 0 Å². The van der Waals surface area contributed by atoms with Gasteiger partial charge in [-0.15, -0.1) is 0 Å². The van der Waals surface area contributed by atoms with Gasteiger partial charge >= 0.3 is 0 Å². The molecule has 1 rings (SSSR count). The zero-order valence-electron chi connectivity index (χ0n) is 8.89. The molecule has 0 aliphatic heterocycles. The topological polar surface area (TPSA) is 53.2 Å². The molecule has 1 N–H and O–H groups in total. The van der Waals surface area contributed by atoms with Crippen LogP contribution in [0.25, 0.3) is 0 Å². The molecule has 0 bridgehead atoms. The molecule has 0 amide bonds. The van der Waals surface area contributed by atoms with Crippen molar-refractivity contribution in [1.29, 1.82) is 5.26 Å². The molecule has 0 aromatic heterocycles. The number of rotatable bonds is 2. The van der Waals surface area contributed by atoms with Crippen LogP contribution in [0.5, 0.6) is 11.5 Å². The molecule has 0 atom stereocenters. The number of methoxy groups -OCH3 is 1. The van der Waals surface area contributed by atoms with E-state index >= 15 is 0 Å². The average molecular weight is 209 g/mol. The van der Waals surface area contributed by atoms with Crippen molar-refractivity contribution in [2.45, 2.75) is 20.3 Å². The molecule has 4 heteroatoms. The monoisotopic (exact) mass is 209 g/mol. The van der Waals surface area contributed by atoms with Crippen molar-refractivity contribution in [3.63, 3.8) is 0 Å². The predicted octanol–water partition coefficient (Wildman–Crippen LogP) is 2.22. The van der Waals surface area contributed by atoms with Gasteiger partial charge in [-0.3, -0.25) is 0 Å². The van der Waals surface area contributed by atoms with Crippen molar-refractivity contribution in [3.05, 3.63) is 22.5 Å². The number of hydrogen-bond acceptors (Lipinski definition) is 3. The molecule has 1 aromatic rings. The summed E-state index contributed by atoms with van der Waals surface area (Å²) in [5, 5.41) is 18.3. The summed E-state index contributed by atoms with van der Waals surface area (Å²) in [5.74, 6) is -0.478.